The Balaban J connectivity index is 0.000000140. The quantitative estimate of drug-likeness (QED) is 0.0615. The van der Waals surface area contributed by atoms with Crippen LogP contribution in [0.1, 0.15) is 64.5 Å². The minimum Gasteiger partial charge on any atom is -0.457 e. The predicted octanol–water partition coefficient (Wildman–Crippen LogP) is 14.2. The third-order valence-corrected chi connectivity index (χ3v) is 18.8. The van der Waals surface area contributed by atoms with Crippen molar-refractivity contribution in [3.05, 3.63) is 299 Å². The average Bonchev–Trinajstić information content (AvgIpc) is 1.61. The largest absolute Gasteiger partial charge is 0.457 e. The molecule has 3 fully saturated rings. The van der Waals surface area contributed by atoms with E-state index in [0.717, 1.165) is 87.5 Å². The highest BCUT2D eigenvalue weighted by molar-refractivity contribution is 5.96. The van der Waals surface area contributed by atoms with E-state index in [1.807, 2.05) is 208 Å². The van der Waals surface area contributed by atoms with Gasteiger partial charge in [0.2, 0.25) is 17.5 Å². The summed E-state index contributed by atoms with van der Waals surface area (Å²) >= 11 is 0. The Hall–Kier alpha value is -12.9. The highest BCUT2D eigenvalue weighted by atomic mass is 16.5. The summed E-state index contributed by atoms with van der Waals surface area (Å²) in [7, 11) is 0. The Bertz CT molecular complexity index is 5430. The van der Waals surface area contributed by atoms with Crippen LogP contribution in [0.2, 0.25) is 0 Å². The summed E-state index contributed by atoms with van der Waals surface area (Å²) in [6.45, 7) is 25.7. The van der Waals surface area contributed by atoms with Crippen LogP contribution in [-0.4, -0.2) is 113 Å². The smallest absolute Gasteiger partial charge is 0.334 e. The van der Waals surface area contributed by atoms with Crippen LogP contribution in [0.4, 0.5) is 0 Å². The molecule has 22 heteroatoms. The molecule has 530 valence electrons. The lowest BCUT2D eigenvalue weighted by atomic mass is 9.95. The molecule has 22 nitrogen and oxygen atoms in total. The maximum atomic E-state index is 13.8. The topological polar surface area (TPSA) is 212 Å². The molecule has 0 N–H and O–H groups in total. The number of aromatic nitrogens is 9. The predicted molar refractivity (Wildman–Crippen MR) is 405 cm³/mol. The second-order valence-corrected chi connectivity index (χ2v) is 27.0. The first-order valence-corrected chi connectivity index (χ1v) is 34.9. The van der Waals surface area contributed by atoms with Crippen molar-refractivity contribution in [3.63, 3.8) is 0 Å². The molecule has 15 rings (SSSR count). The minimum atomic E-state index is -0.288. The summed E-state index contributed by atoms with van der Waals surface area (Å²) in [5.41, 5.74) is 6.93. The number of pyridine rings is 3. The molecule has 3 saturated heterocycles. The van der Waals surface area contributed by atoms with Crippen molar-refractivity contribution in [1.29, 1.82) is 0 Å². The third-order valence-electron chi connectivity index (χ3n) is 18.8. The molecule has 12 aromatic rings. The Kier molecular flexibility index (Phi) is 20.9. The van der Waals surface area contributed by atoms with Gasteiger partial charge in [-0.05, 0) is 183 Å². The SMILES string of the molecule is C=CC(=O)N1CCCC1Cn1c(=O)n(-c2ccc(Oc3ccccc3)cc2)c2cnccc21.C=CC(=O)N1CC[C@@H](n2c(=O)n(-c3ccc(Oc4ccccc4)cc3)c3cncc(C)c32)C1.[C-]#[N+]/C(=C/C(C)(C)C)C(=O)N1CCCC1Cn1c(=O)n(-c2ccc(Oc3ccccc3)cc2)c2cnccc21. The Morgan fingerprint density at radius 3 is 1.36 bits per heavy atom. The number of carbonyl (C=O) groups excluding carboxylic acids is 3. The van der Waals surface area contributed by atoms with Crippen LogP contribution < -0.4 is 31.3 Å². The highest BCUT2D eigenvalue weighted by Crippen LogP contribution is 2.33. The third kappa shape index (κ3) is 15.3. The van der Waals surface area contributed by atoms with Gasteiger partial charge in [-0.25, -0.2) is 19.2 Å². The van der Waals surface area contributed by atoms with Crippen LogP contribution in [0.25, 0.3) is 55.0 Å². The van der Waals surface area contributed by atoms with Crippen LogP contribution in [0.15, 0.2) is 265 Å². The number of benzene rings is 6. The molecule has 9 heterocycles. The number of fused-ring (bicyclic) bond motifs is 3. The molecule has 6 aromatic heterocycles. The number of ether oxygens (including phenoxy) is 3. The molecule has 0 bridgehead atoms. The molecular formula is C83H79N13O9. The number of likely N-dealkylation sites (tertiary alicyclic amines) is 3. The molecule has 0 saturated carbocycles. The fourth-order valence-electron chi connectivity index (χ4n) is 14.0. The molecule has 3 atom stereocenters. The van der Waals surface area contributed by atoms with E-state index in [0.29, 0.717) is 74.1 Å². The van der Waals surface area contributed by atoms with Crippen molar-refractivity contribution in [2.24, 2.45) is 5.41 Å². The van der Waals surface area contributed by atoms with Crippen molar-refractivity contribution < 1.29 is 28.6 Å². The summed E-state index contributed by atoms with van der Waals surface area (Å²) < 4.78 is 27.9. The summed E-state index contributed by atoms with van der Waals surface area (Å²) in [5, 5.41) is 0. The zero-order chi connectivity index (χ0) is 73.3. The lowest BCUT2D eigenvalue weighted by molar-refractivity contribution is -0.128. The van der Waals surface area contributed by atoms with E-state index >= 15 is 0 Å². The summed E-state index contributed by atoms with van der Waals surface area (Å²) in [4.78, 5) is 100. The van der Waals surface area contributed by atoms with Crippen LogP contribution in [0.3, 0.4) is 0 Å². The fourth-order valence-corrected chi connectivity index (χ4v) is 14.0. The number of allylic oxidation sites excluding steroid dienone is 1. The lowest BCUT2D eigenvalue weighted by Crippen LogP contribution is -2.40. The van der Waals surface area contributed by atoms with Gasteiger partial charge in [-0.15, -0.1) is 0 Å². The first-order valence-electron chi connectivity index (χ1n) is 34.9. The molecule has 105 heavy (non-hydrogen) atoms. The molecule has 3 aliphatic heterocycles. The van der Waals surface area contributed by atoms with Crippen molar-refractivity contribution in [2.45, 2.75) is 91.0 Å². The van der Waals surface area contributed by atoms with E-state index in [1.165, 1.54) is 12.2 Å². The molecular weight excluding hydrogens is 1320 g/mol. The lowest BCUT2D eigenvalue weighted by Gasteiger charge is -2.26. The number of para-hydroxylation sites is 3. The van der Waals surface area contributed by atoms with E-state index in [-0.39, 0.29) is 64.0 Å². The highest BCUT2D eigenvalue weighted by Gasteiger charge is 2.35. The number of nitrogens with zero attached hydrogens (tertiary/aromatic N) is 13. The number of hydrogen-bond donors (Lipinski definition) is 0. The molecule has 2 unspecified atom stereocenters. The van der Waals surface area contributed by atoms with Gasteiger partial charge in [-0.3, -0.25) is 56.7 Å². The van der Waals surface area contributed by atoms with Gasteiger partial charge in [0, 0.05) is 63.9 Å². The standard InChI is InChI=1S/C31H31N5O3.2C26H24N4O3/c1-31(2,3)19-26(32-4)29(37)34-18-8-9-23(34)21-35-27-16-17-33-20-28(27)36(30(35)38)22-12-14-25(15-13-22)39-24-10-6-5-7-11-24;1-3-24(31)28-14-13-20(17-28)30-25-18(2)15-27-16-23(25)29(26(30)32)19-9-11-22(12-10-19)33-21-7-5-4-6-8-21;1-2-25(31)28-16-6-7-20(28)18-29-23-14-15-27-17-24(23)30(26(29)32)19-10-12-22(13-11-19)33-21-8-4-3-5-9-21/h5-7,10-17,19-20,23H,8-9,18,21H2,1-3H3;3-12,15-16,20H,1,13-14,17H2,2H3;2-5,8-15,17,20H,1,6-7,16,18H2/b26-19+;;/t;20-;/m.1./s1. The van der Waals surface area contributed by atoms with E-state index in [4.69, 9.17) is 20.8 Å². The van der Waals surface area contributed by atoms with Crippen molar-refractivity contribution in [3.8, 4) is 51.6 Å². The minimum absolute atomic E-state index is 0.0398. The van der Waals surface area contributed by atoms with Crippen LogP contribution in [-0.2, 0) is 27.5 Å². The molecule has 3 aliphatic rings. The monoisotopic (exact) mass is 1400 g/mol. The van der Waals surface area contributed by atoms with E-state index in [9.17, 15) is 28.8 Å². The first kappa shape index (κ1) is 70.5. The van der Waals surface area contributed by atoms with Gasteiger partial charge in [0.25, 0.3) is 5.91 Å². The zero-order valence-electron chi connectivity index (χ0n) is 58.9. The molecule has 0 spiro atoms. The number of aryl methyl sites for hydroxylation is 1. The number of rotatable bonds is 17. The second kappa shape index (κ2) is 31.1. The summed E-state index contributed by atoms with van der Waals surface area (Å²) in [5.74, 6) is 3.80. The van der Waals surface area contributed by atoms with Crippen LogP contribution >= 0.6 is 0 Å². The van der Waals surface area contributed by atoms with E-state index < -0.39 is 0 Å². The average molecular weight is 1400 g/mol. The molecule has 0 radical (unpaired) electrons. The van der Waals surface area contributed by atoms with Gasteiger partial charge < -0.3 is 28.9 Å². The Morgan fingerprint density at radius 2 is 0.924 bits per heavy atom. The van der Waals surface area contributed by atoms with Gasteiger partial charge in [-0.2, -0.15) is 0 Å². The van der Waals surface area contributed by atoms with Gasteiger partial charge >= 0.3 is 17.1 Å². The zero-order valence-corrected chi connectivity index (χ0v) is 58.9. The summed E-state index contributed by atoms with van der Waals surface area (Å²) in [6, 6.07) is 54.2. The van der Waals surface area contributed by atoms with Crippen LogP contribution in [0, 0.1) is 18.9 Å². The van der Waals surface area contributed by atoms with Crippen molar-refractivity contribution >= 4 is 50.8 Å². The maximum absolute atomic E-state index is 13.8. The molecule has 0 aliphatic carbocycles. The van der Waals surface area contributed by atoms with E-state index in [1.54, 1.807) is 80.8 Å². The van der Waals surface area contributed by atoms with Gasteiger partial charge in [-0.1, -0.05) is 94.6 Å². The molecule has 3 amide bonds. The van der Waals surface area contributed by atoms with Crippen molar-refractivity contribution in [2.75, 3.05) is 26.2 Å². The maximum Gasteiger partial charge on any atom is 0.334 e. The number of imidazole rings is 3. The van der Waals surface area contributed by atoms with Gasteiger partial charge in [0.15, 0.2) is 0 Å². The van der Waals surface area contributed by atoms with Crippen LogP contribution in [0.5, 0.6) is 34.5 Å². The first-order chi connectivity index (χ1) is 51.0. The molecule has 6 aromatic carbocycles. The number of amides is 3. The van der Waals surface area contributed by atoms with Gasteiger partial charge in [0.1, 0.15) is 34.5 Å². The van der Waals surface area contributed by atoms with Crippen molar-refractivity contribution in [1.82, 2.24) is 57.1 Å². The van der Waals surface area contributed by atoms with Gasteiger partial charge in [0.05, 0.1) is 87.4 Å². The fraction of sp³-hybridized carbons (Fsp3) is 0.229. The second-order valence-electron chi connectivity index (χ2n) is 27.0. The number of hydrogen-bond acceptors (Lipinski definition) is 12. The number of carbonyl (C=O) groups is 3. The Labute approximate surface area is 606 Å². The van der Waals surface area contributed by atoms with E-state index in [2.05, 4.69) is 33.0 Å². The normalized spacial score (nSPS) is 15.7. The Morgan fingerprint density at radius 1 is 0.505 bits per heavy atom. The summed E-state index contributed by atoms with van der Waals surface area (Å²) in [6.07, 6.45) is 18.7.